The number of nitrogens with one attached hydrogen (secondary N) is 1. The number of para-hydroxylation sites is 1. The van der Waals surface area contributed by atoms with Crippen LogP contribution in [0, 0.1) is 13.8 Å². The Morgan fingerprint density at radius 2 is 1.85 bits per heavy atom. The van der Waals surface area contributed by atoms with Gasteiger partial charge in [0.25, 0.3) is 5.91 Å². The molecular weight excluding hydrogens is 378 g/mol. The van der Waals surface area contributed by atoms with Gasteiger partial charge in [0.2, 0.25) is 0 Å². The molecule has 0 aliphatic rings. The van der Waals surface area contributed by atoms with E-state index in [-0.39, 0.29) is 5.91 Å². The van der Waals surface area contributed by atoms with Crippen molar-refractivity contribution >= 4 is 45.6 Å². The Labute approximate surface area is 165 Å². The van der Waals surface area contributed by atoms with Gasteiger partial charge in [-0.25, -0.2) is 9.97 Å². The zero-order valence-corrected chi connectivity index (χ0v) is 16.4. The second-order valence-electron chi connectivity index (χ2n) is 6.30. The molecule has 0 aliphatic carbocycles. The maximum Gasteiger partial charge on any atom is 0.257 e. The Balaban J connectivity index is 1.80. The van der Waals surface area contributed by atoms with Crippen LogP contribution in [-0.4, -0.2) is 15.9 Å². The van der Waals surface area contributed by atoms with Crippen LogP contribution in [0.4, 0.5) is 5.82 Å². The van der Waals surface area contributed by atoms with Crippen LogP contribution >= 0.6 is 22.9 Å². The van der Waals surface area contributed by atoms with Gasteiger partial charge < -0.3 is 5.32 Å². The molecule has 0 saturated heterocycles. The summed E-state index contributed by atoms with van der Waals surface area (Å²) in [6.07, 6.45) is 0. The number of pyridine rings is 2. The van der Waals surface area contributed by atoms with Crippen molar-refractivity contribution in [1.29, 1.82) is 0 Å². The Morgan fingerprint density at radius 1 is 1.04 bits per heavy atom. The average molecular weight is 394 g/mol. The van der Waals surface area contributed by atoms with Gasteiger partial charge in [-0.05, 0) is 55.8 Å². The standard InChI is InChI=1S/C21H16ClN3OS/c1-12-9-13(2)23-20(10-12)25-21(26)15-11-17(18-7-8-19(22)27-18)24-16-6-4-3-5-14(15)16/h3-11H,1-2H3,(H,23,25,26). The fourth-order valence-electron chi connectivity index (χ4n) is 3.03. The predicted octanol–water partition coefficient (Wildman–Crippen LogP) is 5.88. The molecule has 0 saturated carbocycles. The van der Waals surface area contributed by atoms with E-state index in [0.717, 1.165) is 32.7 Å². The molecule has 0 atom stereocenters. The summed E-state index contributed by atoms with van der Waals surface area (Å²) in [5.41, 5.74) is 3.95. The first-order valence-electron chi connectivity index (χ1n) is 8.42. The van der Waals surface area contributed by atoms with Gasteiger partial charge in [0.1, 0.15) is 5.82 Å². The lowest BCUT2D eigenvalue weighted by atomic mass is 10.1. The van der Waals surface area contributed by atoms with Crippen LogP contribution in [0.15, 0.2) is 54.6 Å². The van der Waals surface area contributed by atoms with Crippen LogP contribution in [0.1, 0.15) is 21.6 Å². The number of carbonyl (C=O) groups is 1. The molecule has 3 aromatic heterocycles. The van der Waals surface area contributed by atoms with Gasteiger partial charge in [-0.15, -0.1) is 11.3 Å². The number of hydrogen-bond donors (Lipinski definition) is 1. The number of anilines is 1. The summed E-state index contributed by atoms with van der Waals surface area (Å²) in [5.74, 6) is 0.328. The molecule has 4 aromatic rings. The Hall–Kier alpha value is -2.76. The fourth-order valence-corrected chi connectivity index (χ4v) is 4.03. The number of benzene rings is 1. The molecule has 1 N–H and O–H groups in total. The number of aryl methyl sites for hydroxylation is 2. The van der Waals surface area contributed by atoms with E-state index in [1.165, 1.54) is 11.3 Å². The lowest BCUT2D eigenvalue weighted by Crippen LogP contribution is -2.14. The van der Waals surface area contributed by atoms with E-state index in [2.05, 4.69) is 10.3 Å². The highest BCUT2D eigenvalue weighted by molar-refractivity contribution is 7.19. The van der Waals surface area contributed by atoms with Gasteiger partial charge in [0.05, 0.1) is 26.0 Å². The highest BCUT2D eigenvalue weighted by atomic mass is 35.5. The number of halogens is 1. The summed E-state index contributed by atoms with van der Waals surface area (Å²) < 4.78 is 0.686. The minimum Gasteiger partial charge on any atom is -0.307 e. The van der Waals surface area contributed by atoms with Crippen molar-refractivity contribution < 1.29 is 4.79 Å². The predicted molar refractivity (Wildman–Crippen MR) is 112 cm³/mol. The van der Waals surface area contributed by atoms with Gasteiger partial charge >= 0.3 is 0 Å². The van der Waals surface area contributed by atoms with Crippen LogP contribution in [0.5, 0.6) is 0 Å². The number of nitrogens with zero attached hydrogens (tertiary/aromatic N) is 2. The molecule has 0 bridgehead atoms. The smallest absolute Gasteiger partial charge is 0.257 e. The van der Waals surface area contributed by atoms with Gasteiger partial charge in [0.15, 0.2) is 0 Å². The Morgan fingerprint density at radius 3 is 2.59 bits per heavy atom. The fraction of sp³-hybridized carbons (Fsp3) is 0.0952. The third kappa shape index (κ3) is 3.70. The molecule has 1 amide bonds. The largest absolute Gasteiger partial charge is 0.307 e. The molecule has 0 radical (unpaired) electrons. The maximum atomic E-state index is 13.0. The molecular formula is C21H16ClN3OS. The van der Waals surface area contributed by atoms with Crippen LogP contribution in [0.25, 0.3) is 21.5 Å². The van der Waals surface area contributed by atoms with Gasteiger partial charge in [-0.1, -0.05) is 29.8 Å². The van der Waals surface area contributed by atoms with Crippen molar-refractivity contribution in [3.05, 3.63) is 75.8 Å². The normalized spacial score (nSPS) is 10.9. The van der Waals surface area contributed by atoms with Gasteiger partial charge in [-0.3, -0.25) is 4.79 Å². The first-order chi connectivity index (χ1) is 13.0. The maximum absolute atomic E-state index is 13.0. The summed E-state index contributed by atoms with van der Waals surface area (Å²) in [5, 5.41) is 3.71. The second-order valence-corrected chi connectivity index (χ2v) is 8.02. The SMILES string of the molecule is Cc1cc(C)nc(NC(=O)c2cc(-c3ccc(Cl)s3)nc3ccccc23)c1. The molecule has 0 fully saturated rings. The number of aromatic nitrogens is 2. The van der Waals surface area contributed by atoms with Crippen molar-refractivity contribution in [2.24, 2.45) is 0 Å². The molecule has 0 spiro atoms. The Bertz CT molecular complexity index is 1150. The van der Waals surface area contributed by atoms with Crippen LogP contribution < -0.4 is 5.32 Å². The van der Waals surface area contributed by atoms with Crippen molar-refractivity contribution in [3.63, 3.8) is 0 Å². The lowest BCUT2D eigenvalue weighted by molar-refractivity contribution is 0.102. The van der Waals surface area contributed by atoms with Crippen molar-refractivity contribution in [2.75, 3.05) is 5.32 Å². The molecule has 1 aromatic carbocycles. The first kappa shape index (κ1) is 17.6. The highest BCUT2D eigenvalue weighted by Crippen LogP contribution is 2.32. The number of thiophene rings is 1. The molecule has 4 nitrogen and oxygen atoms in total. The van der Waals surface area contributed by atoms with E-state index in [1.807, 2.05) is 68.4 Å². The topological polar surface area (TPSA) is 54.9 Å². The van der Waals surface area contributed by atoms with E-state index in [0.29, 0.717) is 15.7 Å². The van der Waals surface area contributed by atoms with Crippen molar-refractivity contribution in [2.45, 2.75) is 13.8 Å². The van der Waals surface area contributed by atoms with Crippen molar-refractivity contribution in [1.82, 2.24) is 9.97 Å². The average Bonchev–Trinajstić information content (AvgIpc) is 3.06. The third-order valence-electron chi connectivity index (χ3n) is 4.13. The monoisotopic (exact) mass is 393 g/mol. The minimum absolute atomic E-state index is 0.213. The number of carbonyl (C=O) groups excluding carboxylic acids is 1. The Kier molecular flexibility index (Phi) is 4.64. The van der Waals surface area contributed by atoms with E-state index in [9.17, 15) is 4.79 Å². The molecule has 134 valence electrons. The summed E-state index contributed by atoms with van der Waals surface area (Å²) in [6, 6.07) is 17.0. The molecule has 0 aliphatic heterocycles. The van der Waals surface area contributed by atoms with Crippen LogP contribution in [0.3, 0.4) is 0 Å². The van der Waals surface area contributed by atoms with E-state index in [4.69, 9.17) is 16.6 Å². The number of amides is 1. The summed E-state index contributed by atoms with van der Waals surface area (Å²) in [4.78, 5) is 23.1. The first-order valence-corrected chi connectivity index (χ1v) is 9.61. The molecule has 4 rings (SSSR count). The van der Waals surface area contributed by atoms with Crippen LogP contribution in [0.2, 0.25) is 4.34 Å². The molecule has 3 heterocycles. The van der Waals surface area contributed by atoms with E-state index >= 15 is 0 Å². The number of fused-ring (bicyclic) bond motifs is 1. The second kappa shape index (κ2) is 7.10. The summed E-state index contributed by atoms with van der Waals surface area (Å²) >= 11 is 7.51. The van der Waals surface area contributed by atoms with E-state index in [1.54, 1.807) is 0 Å². The highest BCUT2D eigenvalue weighted by Gasteiger charge is 2.15. The third-order valence-corrected chi connectivity index (χ3v) is 5.38. The molecule has 6 heteroatoms. The van der Waals surface area contributed by atoms with Gasteiger partial charge in [0, 0.05) is 11.1 Å². The van der Waals surface area contributed by atoms with E-state index < -0.39 is 0 Å². The summed E-state index contributed by atoms with van der Waals surface area (Å²) in [6.45, 7) is 3.88. The number of rotatable bonds is 3. The minimum atomic E-state index is -0.213. The van der Waals surface area contributed by atoms with Crippen molar-refractivity contribution in [3.8, 4) is 10.6 Å². The van der Waals surface area contributed by atoms with Crippen LogP contribution in [-0.2, 0) is 0 Å². The zero-order chi connectivity index (χ0) is 19.0. The zero-order valence-electron chi connectivity index (χ0n) is 14.8. The lowest BCUT2D eigenvalue weighted by Gasteiger charge is -2.10. The molecule has 0 unspecified atom stereocenters. The van der Waals surface area contributed by atoms with Gasteiger partial charge in [-0.2, -0.15) is 0 Å². The summed E-state index contributed by atoms with van der Waals surface area (Å²) in [7, 11) is 0. The quantitative estimate of drug-likeness (QED) is 0.472. The molecule has 27 heavy (non-hydrogen) atoms. The number of hydrogen-bond acceptors (Lipinski definition) is 4.